The van der Waals surface area contributed by atoms with Crippen LogP contribution in [0.5, 0.6) is 0 Å². The molecule has 0 saturated heterocycles. The van der Waals surface area contributed by atoms with E-state index < -0.39 is 0 Å². The first-order valence-electron chi connectivity index (χ1n) is 5.19. The van der Waals surface area contributed by atoms with Gasteiger partial charge in [-0.2, -0.15) is 0 Å². The van der Waals surface area contributed by atoms with Gasteiger partial charge >= 0.3 is 0 Å². The van der Waals surface area contributed by atoms with Gasteiger partial charge in [0.25, 0.3) is 0 Å². The van der Waals surface area contributed by atoms with Gasteiger partial charge in [0.05, 0.1) is 5.56 Å². The summed E-state index contributed by atoms with van der Waals surface area (Å²) < 4.78 is 0. The van der Waals surface area contributed by atoms with E-state index in [4.69, 9.17) is 10.9 Å². The van der Waals surface area contributed by atoms with Gasteiger partial charge in [-0.3, -0.25) is 0 Å². The maximum Gasteiger partial charge on any atom is 0.173 e. The molecule has 4 nitrogen and oxygen atoms in total. The van der Waals surface area contributed by atoms with Crippen molar-refractivity contribution < 1.29 is 5.21 Å². The summed E-state index contributed by atoms with van der Waals surface area (Å²) >= 11 is 1.64. The second-order valence-corrected chi connectivity index (χ2v) is 4.68. The molecule has 3 N–H and O–H groups in total. The molecule has 88 valence electrons. The van der Waals surface area contributed by atoms with E-state index in [1.165, 1.54) is 0 Å². The normalized spacial score (nSPS) is 11.8. The van der Waals surface area contributed by atoms with Crippen LogP contribution >= 0.6 is 11.8 Å². The van der Waals surface area contributed by atoms with Crippen molar-refractivity contribution in [2.75, 3.05) is 5.75 Å². The smallest absolute Gasteiger partial charge is 0.173 e. The van der Waals surface area contributed by atoms with Crippen molar-refractivity contribution in [2.45, 2.75) is 32.2 Å². The van der Waals surface area contributed by atoms with Crippen molar-refractivity contribution in [1.82, 2.24) is 4.98 Å². The molecule has 0 aliphatic rings. The lowest BCUT2D eigenvalue weighted by Gasteiger charge is -2.10. The molecule has 0 aliphatic carbocycles. The molecule has 0 unspecified atom stereocenters. The van der Waals surface area contributed by atoms with Gasteiger partial charge in [-0.05, 0) is 37.7 Å². The maximum absolute atomic E-state index is 8.76. The zero-order valence-electron chi connectivity index (χ0n) is 9.82. The fourth-order valence-corrected chi connectivity index (χ4v) is 2.48. The van der Waals surface area contributed by atoms with E-state index >= 15 is 0 Å². The van der Waals surface area contributed by atoms with Crippen LogP contribution in [0.4, 0.5) is 0 Å². The van der Waals surface area contributed by atoms with Crippen LogP contribution in [0.3, 0.4) is 0 Å². The first-order chi connectivity index (χ1) is 7.60. The molecular formula is C11H17N3OS. The molecule has 0 aliphatic heterocycles. The molecule has 0 saturated carbocycles. The summed E-state index contributed by atoms with van der Waals surface area (Å²) in [6.45, 7) is 6.00. The number of amidine groups is 1. The molecule has 16 heavy (non-hydrogen) atoms. The van der Waals surface area contributed by atoms with E-state index in [1.54, 1.807) is 11.8 Å². The summed E-state index contributed by atoms with van der Waals surface area (Å²) in [5.74, 6) is 1.10. The van der Waals surface area contributed by atoms with Gasteiger partial charge in [0.2, 0.25) is 0 Å². The van der Waals surface area contributed by atoms with Crippen LogP contribution in [0.1, 0.15) is 30.2 Å². The third kappa shape index (κ3) is 2.88. The predicted molar refractivity (Wildman–Crippen MR) is 67.2 cm³/mol. The molecular weight excluding hydrogens is 222 g/mol. The molecule has 0 spiro atoms. The predicted octanol–water partition coefficient (Wildman–Crippen LogP) is 2.30. The number of hydrogen-bond acceptors (Lipinski definition) is 4. The molecule has 0 bridgehead atoms. The number of nitrogens with two attached hydrogens (primary N) is 1. The average Bonchev–Trinajstić information content (AvgIpc) is 2.24. The molecule has 0 atom stereocenters. The molecule has 0 radical (unpaired) electrons. The highest BCUT2D eigenvalue weighted by Crippen LogP contribution is 2.24. The van der Waals surface area contributed by atoms with Crippen LogP contribution in [0.2, 0.25) is 0 Å². The zero-order valence-corrected chi connectivity index (χ0v) is 10.6. The van der Waals surface area contributed by atoms with Crippen molar-refractivity contribution in [3.8, 4) is 0 Å². The number of rotatable bonds is 4. The lowest BCUT2D eigenvalue weighted by Crippen LogP contribution is -2.17. The van der Waals surface area contributed by atoms with E-state index in [0.29, 0.717) is 0 Å². The Kier molecular flexibility index (Phi) is 4.61. The van der Waals surface area contributed by atoms with Crippen LogP contribution in [-0.4, -0.2) is 21.8 Å². The largest absolute Gasteiger partial charge is 0.409 e. The van der Waals surface area contributed by atoms with Gasteiger partial charge in [-0.25, -0.2) is 4.98 Å². The molecule has 1 heterocycles. The summed E-state index contributed by atoms with van der Waals surface area (Å²) in [4.78, 5) is 4.43. The van der Waals surface area contributed by atoms with Crippen molar-refractivity contribution in [3.05, 3.63) is 22.9 Å². The Morgan fingerprint density at radius 2 is 2.25 bits per heavy atom. The van der Waals surface area contributed by atoms with Crippen LogP contribution in [0.15, 0.2) is 16.2 Å². The highest BCUT2D eigenvalue weighted by atomic mass is 32.2. The average molecular weight is 239 g/mol. The van der Waals surface area contributed by atoms with E-state index in [9.17, 15) is 0 Å². The second kappa shape index (κ2) is 5.75. The Morgan fingerprint density at radius 3 is 2.81 bits per heavy atom. The maximum atomic E-state index is 8.76. The molecule has 0 aromatic carbocycles. The fraction of sp³-hybridized carbons (Fsp3) is 0.455. The lowest BCUT2D eigenvalue weighted by atomic mass is 10.1. The quantitative estimate of drug-likeness (QED) is 0.278. The molecule has 0 fully saturated rings. The topological polar surface area (TPSA) is 71.5 Å². The Bertz CT molecular complexity index is 404. The zero-order chi connectivity index (χ0) is 12.1. The summed E-state index contributed by atoms with van der Waals surface area (Å²) in [5, 5.41) is 12.7. The summed E-state index contributed by atoms with van der Waals surface area (Å²) in [6, 6.07) is 1.93. The number of aromatic nitrogens is 1. The SMILES string of the molecule is CCCSc1nc(C)cc(C)c1C(N)=NO. The monoisotopic (exact) mass is 239 g/mol. The minimum absolute atomic E-state index is 0.128. The molecule has 1 aromatic rings. The van der Waals surface area contributed by atoms with Crippen molar-refractivity contribution in [3.63, 3.8) is 0 Å². The first-order valence-corrected chi connectivity index (χ1v) is 6.17. The van der Waals surface area contributed by atoms with Crippen molar-refractivity contribution in [1.29, 1.82) is 0 Å². The van der Waals surface area contributed by atoms with Gasteiger partial charge in [-0.15, -0.1) is 11.8 Å². The third-order valence-electron chi connectivity index (χ3n) is 2.12. The number of oxime groups is 1. The number of hydrogen-bond donors (Lipinski definition) is 2. The number of aryl methyl sites for hydroxylation is 2. The van der Waals surface area contributed by atoms with Crippen LogP contribution in [0, 0.1) is 13.8 Å². The van der Waals surface area contributed by atoms with Crippen molar-refractivity contribution >= 4 is 17.6 Å². The Balaban J connectivity index is 3.21. The van der Waals surface area contributed by atoms with E-state index in [0.717, 1.165) is 34.0 Å². The van der Waals surface area contributed by atoms with Crippen LogP contribution < -0.4 is 5.73 Å². The molecule has 5 heteroatoms. The van der Waals surface area contributed by atoms with Gasteiger partial charge in [0, 0.05) is 5.69 Å². The van der Waals surface area contributed by atoms with Gasteiger partial charge in [0.15, 0.2) is 5.84 Å². The number of thioether (sulfide) groups is 1. The number of nitrogens with zero attached hydrogens (tertiary/aromatic N) is 2. The van der Waals surface area contributed by atoms with E-state index in [-0.39, 0.29) is 5.84 Å². The first kappa shape index (κ1) is 12.8. The van der Waals surface area contributed by atoms with Gasteiger partial charge in [0.1, 0.15) is 5.03 Å². The number of pyridine rings is 1. The second-order valence-electron chi connectivity index (χ2n) is 3.59. The molecule has 1 rings (SSSR count). The molecule has 0 amide bonds. The van der Waals surface area contributed by atoms with Gasteiger partial charge in [-0.1, -0.05) is 12.1 Å². The Morgan fingerprint density at radius 1 is 1.56 bits per heavy atom. The Labute approximate surface area is 99.9 Å². The summed E-state index contributed by atoms with van der Waals surface area (Å²) in [5.41, 5.74) is 8.34. The minimum atomic E-state index is 0.128. The fourth-order valence-electron chi connectivity index (χ4n) is 1.47. The van der Waals surface area contributed by atoms with Gasteiger partial charge < -0.3 is 10.9 Å². The lowest BCUT2D eigenvalue weighted by molar-refractivity contribution is 0.318. The van der Waals surface area contributed by atoms with Crippen LogP contribution in [0.25, 0.3) is 0 Å². The Hall–Kier alpha value is -1.23. The highest BCUT2D eigenvalue weighted by Gasteiger charge is 2.13. The third-order valence-corrected chi connectivity index (χ3v) is 3.30. The minimum Gasteiger partial charge on any atom is -0.409 e. The molecule has 1 aromatic heterocycles. The van der Waals surface area contributed by atoms with E-state index in [1.807, 2.05) is 19.9 Å². The highest BCUT2D eigenvalue weighted by molar-refractivity contribution is 7.99. The van der Waals surface area contributed by atoms with E-state index in [2.05, 4.69) is 17.1 Å². The van der Waals surface area contributed by atoms with Crippen LogP contribution in [-0.2, 0) is 0 Å². The summed E-state index contributed by atoms with van der Waals surface area (Å²) in [6.07, 6.45) is 1.06. The standard InChI is InChI=1S/C11H17N3OS/c1-4-5-16-11-9(10(12)14-15)7(2)6-8(3)13-11/h6,15H,4-5H2,1-3H3,(H2,12,14). The summed E-state index contributed by atoms with van der Waals surface area (Å²) in [7, 11) is 0. The van der Waals surface area contributed by atoms with Crippen molar-refractivity contribution in [2.24, 2.45) is 10.9 Å².